The summed E-state index contributed by atoms with van der Waals surface area (Å²) in [6.45, 7) is 0. The zero-order chi connectivity index (χ0) is 6.97. The molecule has 0 atom stereocenters. The standard InChI is InChI=1S/C5H5N5/c6-5-9-2-8-4-1-7-3-10(4)5/h1-3H,(H2,6,8,9). The van der Waals surface area contributed by atoms with Crippen molar-refractivity contribution in [3.05, 3.63) is 18.9 Å². The highest BCUT2D eigenvalue weighted by molar-refractivity contribution is 5.39. The van der Waals surface area contributed by atoms with Crippen LogP contribution in [-0.2, 0) is 0 Å². The Morgan fingerprint density at radius 2 is 2.30 bits per heavy atom. The van der Waals surface area contributed by atoms with Gasteiger partial charge in [0.05, 0.1) is 6.20 Å². The quantitative estimate of drug-likeness (QED) is 0.538. The summed E-state index contributed by atoms with van der Waals surface area (Å²) in [7, 11) is 0. The molecule has 2 aromatic heterocycles. The maximum absolute atomic E-state index is 5.47. The van der Waals surface area contributed by atoms with Crippen LogP contribution in [0.15, 0.2) is 18.9 Å². The van der Waals surface area contributed by atoms with E-state index < -0.39 is 0 Å². The fourth-order valence-electron chi connectivity index (χ4n) is 0.769. The molecule has 0 radical (unpaired) electrons. The van der Waals surface area contributed by atoms with Crippen molar-refractivity contribution >= 4 is 11.6 Å². The van der Waals surface area contributed by atoms with E-state index in [1.165, 1.54) is 6.33 Å². The molecule has 2 heterocycles. The van der Waals surface area contributed by atoms with E-state index in [2.05, 4.69) is 15.0 Å². The largest absolute Gasteiger partial charge is 0.369 e. The molecular formula is C5H5N5. The van der Waals surface area contributed by atoms with Crippen LogP contribution in [0.1, 0.15) is 0 Å². The summed E-state index contributed by atoms with van der Waals surface area (Å²) in [4.78, 5) is 11.5. The van der Waals surface area contributed by atoms with Crippen molar-refractivity contribution in [3.8, 4) is 0 Å². The molecule has 10 heavy (non-hydrogen) atoms. The van der Waals surface area contributed by atoms with Gasteiger partial charge in [-0.05, 0) is 0 Å². The van der Waals surface area contributed by atoms with Gasteiger partial charge in [0.2, 0.25) is 5.95 Å². The van der Waals surface area contributed by atoms with E-state index in [9.17, 15) is 0 Å². The number of hydrogen-bond acceptors (Lipinski definition) is 4. The van der Waals surface area contributed by atoms with Gasteiger partial charge in [0.25, 0.3) is 0 Å². The molecule has 0 spiro atoms. The average Bonchev–Trinajstić information content (AvgIpc) is 2.36. The molecular weight excluding hydrogens is 130 g/mol. The maximum Gasteiger partial charge on any atom is 0.208 e. The third kappa shape index (κ3) is 0.540. The van der Waals surface area contributed by atoms with Gasteiger partial charge in [-0.3, -0.25) is 4.40 Å². The molecule has 0 unspecified atom stereocenters. The van der Waals surface area contributed by atoms with Crippen LogP contribution in [0.3, 0.4) is 0 Å². The van der Waals surface area contributed by atoms with Gasteiger partial charge < -0.3 is 5.73 Å². The fraction of sp³-hybridized carbons (Fsp3) is 0. The summed E-state index contributed by atoms with van der Waals surface area (Å²) < 4.78 is 1.61. The van der Waals surface area contributed by atoms with E-state index in [0.29, 0.717) is 11.6 Å². The Morgan fingerprint density at radius 1 is 1.40 bits per heavy atom. The molecule has 0 aliphatic carbocycles. The third-order valence-corrected chi connectivity index (χ3v) is 1.25. The van der Waals surface area contributed by atoms with Crippen LogP contribution in [0.5, 0.6) is 0 Å². The molecule has 0 saturated heterocycles. The predicted molar refractivity (Wildman–Crippen MR) is 35.2 cm³/mol. The van der Waals surface area contributed by atoms with Crippen LogP contribution < -0.4 is 5.73 Å². The smallest absolute Gasteiger partial charge is 0.208 e. The van der Waals surface area contributed by atoms with E-state index in [1.54, 1.807) is 16.9 Å². The topological polar surface area (TPSA) is 69.1 Å². The molecule has 50 valence electrons. The molecule has 0 aromatic carbocycles. The summed E-state index contributed by atoms with van der Waals surface area (Å²) in [6.07, 6.45) is 4.61. The summed E-state index contributed by atoms with van der Waals surface area (Å²) >= 11 is 0. The second kappa shape index (κ2) is 1.66. The summed E-state index contributed by atoms with van der Waals surface area (Å²) in [5.74, 6) is 0.405. The van der Waals surface area contributed by atoms with Gasteiger partial charge in [-0.25, -0.2) is 15.0 Å². The van der Waals surface area contributed by atoms with Crippen molar-refractivity contribution < 1.29 is 0 Å². The van der Waals surface area contributed by atoms with Gasteiger partial charge in [-0.1, -0.05) is 0 Å². The van der Waals surface area contributed by atoms with Gasteiger partial charge >= 0.3 is 0 Å². The number of fused-ring (bicyclic) bond motifs is 1. The maximum atomic E-state index is 5.47. The summed E-state index contributed by atoms with van der Waals surface area (Å²) in [5.41, 5.74) is 6.19. The molecule has 0 aliphatic rings. The molecule has 0 aliphatic heterocycles. The van der Waals surface area contributed by atoms with Crippen molar-refractivity contribution in [1.82, 2.24) is 19.4 Å². The number of nitrogens with zero attached hydrogens (tertiary/aromatic N) is 4. The first-order chi connectivity index (χ1) is 4.88. The van der Waals surface area contributed by atoms with Crippen LogP contribution >= 0.6 is 0 Å². The van der Waals surface area contributed by atoms with Gasteiger partial charge in [0.1, 0.15) is 12.7 Å². The second-order valence-corrected chi connectivity index (χ2v) is 1.85. The first kappa shape index (κ1) is 5.16. The highest BCUT2D eigenvalue weighted by atomic mass is 15.2. The Hall–Kier alpha value is -1.65. The van der Waals surface area contributed by atoms with Crippen molar-refractivity contribution in [2.45, 2.75) is 0 Å². The molecule has 0 bridgehead atoms. The number of nitrogens with two attached hydrogens (primary N) is 1. The van der Waals surface area contributed by atoms with E-state index >= 15 is 0 Å². The molecule has 2 N–H and O–H groups in total. The van der Waals surface area contributed by atoms with E-state index in [1.807, 2.05) is 0 Å². The van der Waals surface area contributed by atoms with E-state index in [0.717, 1.165) is 0 Å². The first-order valence-corrected chi connectivity index (χ1v) is 2.76. The number of rotatable bonds is 0. The van der Waals surface area contributed by atoms with Gasteiger partial charge in [0.15, 0.2) is 5.65 Å². The van der Waals surface area contributed by atoms with Gasteiger partial charge in [0, 0.05) is 0 Å². The Morgan fingerprint density at radius 3 is 3.10 bits per heavy atom. The lowest BCUT2D eigenvalue weighted by molar-refractivity contribution is 1.03. The molecule has 5 heteroatoms. The number of aromatic nitrogens is 4. The van der Waals surface area contributed by atoms with Crippen LogP contribution in [0.2, 0.25) is 0 Å². The van der Waals surface area contributed by atoms with Crippen LogP contribution in [-0.4, -0.2) is 19.4 Å². The number of imidazole rings is 1. The molecule has 2 aromatic rings. The Balaban J connectivity index is 2.95. The van der Waals surface area contributed by atoms with Crippen LogP contribution in [0.4, 0.5) is 5.95 Å². The Kier molecular flexibility index (Phi) is 0.858. The summed E-state index contributed by atoms with van der Waals surface area (Å²) in [6, 6.07) is 0. The van der Waals surface area contributed by atoms with E-state index in [4.69, 9.17) is 5.73 Å². The minimum absolute atomic E-state index is 0.405. The van der Waals surface area contributed by atoms with E-state index in [-0.39, 0.29) is 0 Å². The van der Waals surface area contributed by atoms with Crippen LogP contribution in [0, 0.1) is 0 Å². The third-order valence-electron chi connectivity index (χ3n) is 1.25. The average molecular weight is 135 g/mol. The summed E-state index contributed by atoms with van der Waals surface area (Å²) in [5, 5.41) is 0. The highest BCUT2D eigenvalue weighted by Crippen LogP contribution is 1.99. The zero-order valence-corrected chi connectivity index (χ0v) is 5.10. The predicted octanol–water partition coefficient (Wildman–Crippen LogP) is -0.294. The minimum atomic E-state index is 0.405. The van der Waals surface area contributed by atoms with Crippen molar-refractivity contribution in [1.29, 1.82) is 0 Å². The van der Waals surface area contributed by atoms with Gasteiger partial charge in [-0.15, -0.1) is 0 Å². The van der Waals surface area contributed by atoms with Crippen molar-refractivity contribution in [3.63, 3.8) is 0 Å². The fourth-order valence-corrected chi connectivity index (χ4v) is 0.769. The lowest BCUT2D eigenvalue weighted by Gasteiger charge is -1.93. The monoisotopic (exact) mass is 135 g/mol. The lowest BCUT2D eigenvalue weighted by Crippen LogP contribution is -1.99. The van der Waals surface area contributed by atoms with Gasteiger partial charge in [-0.2, -0.15) is 0 Å². The molecule has 0 amide bonds. The molecule has 0 fully saturated rings. The number of nitrogen functional groups attached to an aromatic ring is 1. The Labute approximate surface area is 56.5 Å². The lowest BCUT2D eigenvalue weighted by atomic mass is 10.8. The SMILES string of the molecule is Nc1ncnc2cncn12. The van der Waals surface area contributed by atoms with Crippen LogP contribution in [0.25, 0.3) is 5.65 Å². The Bertz CT molecular complexity index is 352. The normalized spacial score (nSPS) is 10.4. The highest BCUT2D eigenvalue weighted by Gasteiger charge is 1.95. The molecule has 5 nitrogen and oxygen atoms in total. The molecule has 0 saturated carbocycles. The zero-order valence-electron chi connectivity index (χ0n) is 5.10. The van der Waals surface area contributed by atoms with Crippen molar-refractivity contribution in [2.24, 2.45) is 0 Å². The second-order valence-electron chi connectivity index (χ2n) is 1.85. The first-order valence-electron chi connectivity index (χ1n) is 2.76. The molecule has 2 rings (SSSR count). The number of hydrogen-bond donors (Lipinski definition) is 1. The van der Waals surface area contributed by atoms with Crippen molar-refractivity contribution in [2.75, 3.05) is 5.73 Å². The minimum Gasteiger partial charge on any atom is -0.369 e. The number of anilines is 1.